The molecule has 1 heterocycles. The molecule has 1 aliphatic heterocycles. The Labute approximate surface area is 88.3 Å². The molecule has 0 N–H and O–H groups in total. The van der Waals surface area contributed by atoms with Crippen molar-refractivity contribution in [1.82, 2.24) is 0 Å². The Morgan fingerprint density at radius 3 is 3.33 bits per heavy atom. The van der Waals surface area contributed by atoms with E-state index in [1.807, 2.05) is 0 Å². The van der Waals surface area contributed by atoms with E-state index in [-0.39, 0.29) is 11.9 Å². The van der Waals surface area contributed by atoms with E-state index < -0.39 is 0 Å². The number of carbonyl (C=O) groups is 1. The van der Waals surface area contributed by atoms with Crippen LogP contribution >= 0.6 is 0 Å². The van der Waals surface area contributed by atoms with Gasteiger partial charge in [-0.25, -0.2) is 0 Å². The first-order valence-corrected chi connectivity index (χ1v) is 4.99. The Balaban J connectivity index is 2.30. The smallest absolute Gasteiger partial charge is 0.316 e. The predicted molar refractivity (Wildman–Crippen MR) is 55.1 cm³/mol. The highest BCUT2D eigenvalue weighted by Crippen LogP contribution is 2.33. The maximum absolute atomic E-state index is 11.5. The monoisotopic (exact) mass is 207 g/mol. The summed E-state index contributed by atoms with van der Waals surface area (Å²) in [7, 11) is 1.40. The maximum atomic E-state index is 11.5. The normalized spacial score (nSPS) is 24.2. The SMILES string of the molecule is COC(=O)C1CCCC2=C1OC=CC=N2. The minimum Gasteiger partial charge on any atom is -0.468 e. The van der Waals surface area contributed by atoms with Gasteiger partial charge < -0.3 is 9.47 Å². The van der Waals surface area contributed by atoms with Crippen LogP contribution < -0.4 is 0 Å². The van der Waals surface area contributed by atoms with Gasteiger partial charge in [0, 0.05) is 6.21 Å². The zero-order chi connectivity index (χ0) is 10.7. The summed E-state index contributed by atoms with van der Waals surface area (Å²) in [6.45, 7) is 0. The number of ether oxygens (including phenoxy) is 2. The molecular formula is C11H13NO3. The summed E-state index contributed by atoms with van der Waals surface area (Å²) in [5.41, 5.74) is 0.863. The Bertz CT molecular complexity index is 355. The zero-order valence-corrected chi connectivity index (χ0v) is 8.60. The fourth-order valence-electron chi connectivity index (χ4n) is 1.86. The van der Waals surface area contributed by atoms with Gasteiger partial charge >= 0.3 is 5.97 Å². The zero-order valence-electron chi connectivity index (χ0n) is 8.60. The third kappa shape index (κ3) is 1.93. The van der Waals surface area contributed by atoms with Crippen molar-refractivity contribution in [2.24, 2.45) is 10.9 Å². The molecular weight excluding hydrogens is 194 g/mol. The molecule has 0 fully saturated rings. The topological polar surface area (TPSA) is 47.9 Å². The van der Waals surface area contributed by atoms with E-state index in [1.54, 1.807) is 18.6 Å². The second kappa shape index (κ2) is 4.29. The second-order valence-electron chi connectivity index (χ2n) is 3.50. The standard InChI is InChI=1S/C11H13NO3/c1-14-11(13)8-4-2-5-9-10(8)15-7-3-6-12-9/h3,6-8H,2,4-5H2,1H3. The van der Waals surface area contributed by atoms with Crippen LogP contribution in [0.3, 0.4) is 0 Å². The number of hydrogen-bond acceptors (Lipinski definition) is 4. The van der Waals surface area contributed by atoms with Crippen LogP contribution in [-0.2, 0) is 14.3 Å². The molecule has 0 aromatic rings. The number of aliphatic imine (C=N–C) groups is 1. The van der Waals surface area contributed by atoms with Gasteiger partial charge in [0.05, 0.1) is 19.1 Å². The van der Waals surface area contributed by atoms with E-state index in [9.17, 15) is 4.79 Å². The third-order valence-corrected chi connectivity index (χ3v) is 2.58. The molecule has 4 nitrogen and oxygen atoms in total. The molecule has 1 unspecified atom stereocenters. The fraction of sp³-hybridized carbons (Fsp3) is 0.455. The minimum atomic E-state index is -0.293. The molecule has 15 heavy (non-hydrogen) atoms. The summed E-state index contributed by atoms with van der Waals surface area (Å²) >= 11 is 0. The van der Waals surface area contributed by atoms with Crippen molar-refractivity contribution in [3.8, 4) is 0 Å². The van der Waals surface area contributed by atoms with Crippen LogP contribution in [0, 0.1) is 5.92 Å². The molecule has 0 bridgehead atoms. The van der Waals surface area contributed by atoms with Crippen LogP contribution in [0.1, 0.15) is 19.3 Å². The van der Waals surface area contributed by atoms with Gasteiger partial charge in [-0.15, -0.1) is 0 Å². The maximum Gasteiger partial charge on any atom is 0.316 e. The lowest BCUT2D eigenvalue weighted by Gasteiger charge is -2.22. The van der Waals surface area contributed by atoms with Crippen LogP contribution in [0.2, 0.25) is 0 Å². The van der Waals surface area contributed by atoms with Crippen molar-refractivity contribution >= 4 is 12.2 Å². The molecule has 0 aromatic carbocycles. The minimum absolute atomic E-state index is 0.243. The summed E-state index contributed by atoms with van der Waals surface area (Å²) in [6.07, 6.45) is 7.52. The highest BCUT2D eigenvalue weighted by molar-refractivity contribution is 5.77. The van der Waals surface area contributed by atoms with Crippen LogP contribution in [-0.4, -0.2) is 19.3 Å². The quantitative estimate of drug-likeness (QED) is 0.616. The summed E-state index contributed by atoms with van der Waals surface area (Å²) in [4.78, 5) is 15.8. The number of carbonyl (C=O) groups excluding carboxylic acids is 1. The van der Waals surface area contributed by atoms with Gasteiger partial charge in [0.25, 0.3) is 0 Å². The Hall–Kier alpha value is -1.58. The van der Waals surface area contributed by atoms with E-state index in [0.717, 1.165) is 25.0 Å². The van der Waals surface area contributed by atoms with Gasteiger partial charge in [0.2, 0.25) is 0 Å². The van der Waals surface area contributed by atoms with Gasteiger partial charge in [-0.1, -0.05) is 0 Å². The average molecular weight is 207 g/mol. The lowest BCUT2D eigenvalue weighted by Crippen LogP contribution is -2.23. The molecule has 2 rings (SSSR count). The van der Waals surface area contributed by atoms with E-state index in [0.29, 0.717) is 5.76 Å². The van der Waals surface area contributed by atoms with E-state index in [4.69, 9.17) is 9.47 Å². The molecule has 80 valence electrons. The van der Waals surface area contributed by atoms with Crippen molar-refractivity contribution < 1.29 is 14.3 Å². The highest BCUT2D eigenvalue weighted by atomic mass is 16.5. The van der Waals surface area contributed by atoms with E-state index in [1.165, 1.54) is 7.11 Å². The summed E-state index contributed by atoms with van der Waals surface area (Å²) < 4.78 is 10.2. The van der Waals surface area contributed by atoms with Gasteiger partial charge in [-0.05, 0) is 25.3 Å². The average Bonchev–Trinajstić information content (AvgIpc) is 2.52. The predicted octanol–water partition coefficient (Wildman–Crippen LogP) is 1.79. The highest BCUT2D eigenvalue weighted by Gasteiger charge is 2.31. The third-order valence-electron chi connectivity index (χ3n) is 2.58. The van der Waals surface area contributed by atoms with Crippen molar-refractivity contribution in [3.63, 3.8) is 0 Å². The van der Waals surface area contributed by atoms with Gasteiger partial charge in [-0.3, -0.25) is 9.79 Å². The van der Waals surface area contributed by atoms with Crippen LogP contribution in [0.5, 0.6) is 0 Å². The van der Waals surface area contributed by atoms with Crippen LogP contribution in [0.15, 0.2) is 28.8 Å². The van der Waals surface area contributed by atoms with Crippen molar-refractivity contribution in [2.45, 2.75) is 19.3 Å². The van der Waals surface area contributed by atoms with Crippen molar-refractivity contribution in [1.29, 1.82) is 0 Å². The largest absolute Gasteiger partial charge is 0.468 e. The summed E-state index contributed by atoms with van der Waals surface area (Å²) in [6, 6.07) is 0. The molecule has 0 saturated heterocycles. The molecule has 1 atom stereocenters. The second-order valence-corrected chi connectivity index (χ2v) is 3.50. The number of esters is 1. The molecule has 0 saturated carbocycles. The number of allylic oxidation sites excluding steroid dienone is 2. The number of nitrogens with zero attached hydrogens (tertiary/aromatic N) is 1. The van der Waals surface area contributed by atoms with Crippen molar-refractivity contribution in [2.75, 3.05) is 7.11 Å². The lowest BCUT2D eigenvalue weighted by atomic mass is 9.91. The Morgan fingerprint density at radius 2 is 2.53 bits per heavy atom. The number of hydrogen-bond donors (Lipinski definition) is 0. The molecule has 0 amide bonds. The molecule has 0 radical (unpaired) electrons. The van der Waals surface area contributed by atoms with Gasteiger partial charge in [-0.2, -0.15) is 0 Å². The fourth-order valence-corrected chi connectivity index (χ4v) is 1.86. The van der Waals surface area contributed by atoms with E-state index in [2.05, 4.69) is 4.99 Å². The summed E-state index contributed by atoms with van der Waals surface area (Å²) in [5.74, 6) is 0.115. The number of methoxy groups -OCH3 is 1. The molecule has 1 aliphatic carbocycles. The first-order valence-electron chi connectivity index (χ1n) is 4.99. The van der Waals surface area contributed by atoms with E-state index >= 15 is 0 Å². The summed E-state index contributed by atoms with van der Waals surface area (Å²) in [5, 5.41) is 0. The van der Waals surface area contributed by atoms with Gasteiger partial charge in [0.15, 0.2) is 0 Å². The molecule has 0 spiro atoms. The Morgan fingerprint density at radius 1 is 1.67 bits per heavy atom. The first-order chi connectivity index (χ1) is 7.33. The molecule has 0 aromatic heterocycles. The molecule has 2 aliphatic rings. The van der Waals surface area contributed by atoms with Gasteiger partial charge in [0.1, 0.15) is 11.7 Å². The van der Waals surface area contributed by atoms with Crippen LogP contribution in [0.25, 0.3) is 0 Å². The Kier molecular flexibility index (Phi) is 2.85. The molecule has 4 heteroatoms. The van der Waals surface area contributed by atoms with Crippen LogP contribution in [0.4, 0.5) is 0 Å². The lowest BCUT2D eigenvalue weighted by molar-refractivity contribution is -0.145. The van der Waals surface area contributed by atoms with Crippen molar-refractivity contribution in [3.05, 3.63) is 23.8 Å². The number of rotatable bonds is 1. The first kappa shape index (κ1) is 9.96.